The molecule has 0 unspecified atom stereocenters. The molecule has 0 heterocycles. The van der Waals surface area contributed by atoms with E-state index in [-0.39, 0.29) is 30.3 Å². The van der Waals surface area contributed by atoms with E-state index in [2.05, 4.69) is 31.4 Å². The van der Waals surface area contributed by atoms with Crippen LogP contribution < -0.4 is 10.6 Å². The van der Waals surface area contributed by atoms with Crippen LogP contribution in [0.2, 0.25) is 0 Å². The first kappa shape index (κ1) is 20.5. The van der Waals surface area contributed by atoms with Crippen molar-refractivity contribution in [2.75, 3.05) is 0 Å². The molecule has 4 heteroatoms. The lowest BCUT2D eigenvalue weighted by molar-refractivity contribution is -0.123. The number of benzene rings is 1. The van der Waals surface area contributed by atoms with E-state index in [0.717, 1.165) is 24.3 Å². The molecular weight excluding hydrogens is 324 g/mol. The molecule has 2 N–H and O–H groups in total. The van der Waals surface area contributed by atoms with Gasteiger partial charge in [0.05, 0.1) is 12.5 Å². The molecule has 1 aliphatic carbocycles. The standard InChI is InChI=1S/C22H34N2O2/c1-5-22(3,4)18-11-13-19(14-12-18)24-21(26)15-20(23-16(2)25)17-9-7-6-8-10-17/h6-10,18-20H,5,11-15H2,1-4H3,(H,23,25)(H,24,26)/t18?,19?,20-/m1/s1. The molecule has 1 atom stereocenters. The third-order valence-corrected chi connectivity index (χ3v) is 6.08. The third kappa shape index (κ3) is 5.86. The Morgan fingerprint density at radius 2 is 1.73 bits per heavy atom. The number of amides is 2. The van der Waals surface area contributed by atoms with Gasteiger partial charge in [0.2, 0.25) is 11.8 Å². The van der Waals surface area contributed by atoms with Crippen molar-refractivity contribution in [2.24, 2.45) is 11.3 Å². The highest BCUT2D eigenvalue weighted by molar-refractivity contribution is 5.79. The van der Waals surface area contributed by atoms with Gasteiger partial charge < -0.3 is 10.6 Å². The Hall–Kier alpha value is -1.84. The highest BCUT2D eigenvalue weighted by Gasteiger charge is 2.32. The lowest BCUT2D eigenvalue weighted by atomic mass is 9.69. The summed E-state index contributed by atoms with van der Waals surface area (Å²) in [6, 6.07) is 9.68. The topological polar surface area (TPSA) is 58.2 Å². The summed E-state index contributed by atoms with van der Waals surface area (Å²) in [5.41, 5.74) is 1.35. The number of hydrogen-bond donors (Lipinski definition) is 2. The maximum Gasteiger partial charge on any atom is 0.222 e. The lowest BCUT2D eigenvalue weighted by Gasteiger charge is -2.39. The van der Waals surface area contributed by atoms with Crippen LogP contribution in [0.15, 0.2) is 30.3 Å². The summed E-state index contributed by atoms with van der Waals surface area (Å²) < 4.78 is 0. The van der Waals surface area contributed by atoms with Crippen molar-refractivity contribution in [2.45, 2.75) is 78.3 Å². The monoisotopic (exact) mass is 358 g/mol. The molecule has 26 heavy (non-hydrogen) atoms. The Bertz CT molecular complexity index is 589. The van der Waals surface area contributed by atoms with E-state index in [1.54, 1.807) is 0 Å². The average molecular weight is 359 g/mol. The summed E-state index contributed by atoms with van der Waals surface area (Å²) in [4.78, 5) is 24.1. The zero-order chi connectivity index (χ0) is 19.2. The highest BCUT2D eigenvalue weighted by atomic mass is 16.2. The van der Waals surface area contributed by atoms with Crippen LogP contribution in [0.5, 0.6) is 0 Å². The molecular formula is C22H34N2O2. The van der Waals surface area contributed by atoms with Crippen molar-refractivity contribution in [3.05, 3.63) is 35.9 Å². The van der Waals surface area contributed by atoms with E-state index < -0.39 is 0 Å². The fourth-order valence-corrected chi connectivity index (χ4v) is 3.96. The fraction of sp³-hybridized carbons (Fsp3) is 0.636. The quantitative estimate of drug-likeness (QED) is 0.760. The van der Waals surface area contributed by atoms with Crippen LogP contribution in [0, 0.1) is 11.3 Å². The Morgan fingerprint density at radius 1 is 1.12 bits per heavy atom. The van der Waals surface area contributed by atoms with Gasteiger partial charge in [0, 0.05) is 13.0 Å². The van der Waals surface area contributed by atoms with Gasteiger partial charge in [-0.15, -0.1) is 0 Å². The zero-order valence-corrected chi connectivity index (χ0v) is 16.7. The van der Waals surface area contributed by atoms with E-state index in [1.165, 1.54) is 26.2 Å². The van der Waals surface area contributed by atoms with Crippen molar-refractivity contribution in [3.63, 3.8) is 0 Å². The SMILES string of the molecule is CCC(C)(C)C1CCC(NC(=O)C[C@@H](NC(C)=O)c2ccccc2)CC1. The van der Waals surface area contributed by atoms with E-state index >= 15 is 0 Å². The molecule has 0 aliphatic heterocycles. The van der Waals surface area contributed by atoms with Crippen molar-refractivity contribution < 1.29 is 9.59 Å². The molecule has 4 nitrogen and oxygen atoms in total. The Balaban J connectivity index is 1.88. The Morgan fingerprint density at radius 3 is 2.27 bits per heavy atom. The normalized spacial score (nSPS) is 21.7. The van der Waals surface area contributed by atoms with Gasteiger partial charge >= 0.3 is 0 Å². The molecule has 1 saturated carbocycles. The Kier molecular flexibility index (Phi) is 7.24. The predicted molar refractivity (Wildman–Crippen MR) is 106 cm³/mol. The largest absolute Gasteiger partial charge is 0.353 e. The highest BCUT2D eigenvalue weighted by Crippen LogP contribution is 2.40. The Labute approximate surface area is 158 Å². The second-order valence-corrected chi connectivity index (χ2v) is 8.33. The van der Waals surface area contributed by atoms with Gasteiger partial charge in [0.15, 0.2) is 0 Å². The van der Waals surface area contributed by atoms with Gasteiger partial charge in [0.25, 0.3) is 0 Å². The van der Waals surface area contributed by atoms with Crippen LogP contribution in [-0.4, -0.2) is 17.9 Å². The molecule has 0 saturated heterocycles. The van der Waals surface area contributed by atoms with E-state index in [4.69, 9.17) is 0 Å². The van der Waals surface area contributed by atoms with Gasteiger partial charge in [-0.05, 0) is 42.6 Å². The molecule has 0 spiro atoms. The molecule has 144 valence electrons. The number of nitrogens with one attached hydrogen (secondary N) is 2. The smallest absolute Gasteiger partial charge is 0.222 e. The number of rotatable bonds is 7. The maximum absolute atomic E-state index is 12.5. The fourth-order valence-electron chi connectivity index (χ4n) is 3.96. The van der Waals surface area contributed by atoms with Crippen molar-refractivity contribution in [1.82, 2.24) is 10.6 Å². The minimum atomic E-state index is -0.274. The van der Waals surface area contributed by atoms with Crippen LogP contribution >= 0.6 is 0 Å². The van der Waals surface area contributed by atoms with Crippen LogP contribution in [0.4, 0.5) is 0 Å². The summed E-state index contributed by atoms with van der Waals surface area (Å²) in [5.74, 6) is 0.650. The van der Waals surface area contributed by atoms with Gasteiger partial charge in [-0.25, -0.2) is 0 Å². The molecule has 2 rings (SSSR count). The van der Waals surface area contributed by atoms with E-state index in [9.17, 15) is 9.59 Å². The molecule has 0 radical (unpaired) electrons. The van der Waals surface area contributed by atoms with Gasteiger partial charge in [0.1, 0.15) is 0 Å². The van der Waals surface area contributed by atoms with Crippen molar-refractivity contribution in [3.8, 4) is 0 Å². The van der Waals surface area contributed by atoms with E-state index in [0.29, 0.717) is 5.41 Å². The number of carbonyl (C=O) groups excluding carboxylic acids is 2. The summed E-state index contributed by atoms with van der Waals surface area (Å²) in [6.07, 6.45) is 5.94. The van der Waals surface area contributed by atoms with Crippen LogP contribution in [0.25, 0.3) is 0 Å². The first-order chi connectivity index (χ1) is 12.3. The maximum atomic E-state index is 12.5. The molecule has 1 aromatic carbocycles. The van der Waals surface area contributed by atoms with Gasteiger partial charge in [-0.3, -0.25) is 9.59 Å². The predicted octanol–water partition coefficient (Wildman–Crippen LogP) is 4.37. The van der Waals surface area contributed by atoms with Crippen molar-refractivity contribution in [1.29, 1.82) is 0 Å². The first-order valence-corrected chi connectivity index (χ1v) is 9.93. The summed E-state index contributed by atoms with van der Waals surface area (Å²) in [6.45, 7) is 8.47. The summed E-state index contributed by atoms with van der Waals surface area (Å²) in [5, 5.41) is 6.09. The average Bonchev–Trinajstić information content (AvgIpc) is 2.62. The minimum Gasteiger partial charge on any atom is -0.353 e. The second-order valence-electron chi connectivity index (χ2n) is 8.33. The van der Waals surface area contributed by atoms with Crippen LogP contribution in [0.3, 0.4) is 0 Å². The summed E-state index contributed by atoms with van der Waals surface area (Å²) in [7, 11) is 0. The summed E-state index contributed by atoms with van der Waals surface area (Å²) >= 11 is 0. The van der Waals surface area contributed by atoms with Gasteiger partial charge in [-0.1, -0.05) is 57.5 Å². The zero-order valence-electron chi connectivity index (χ0n) is 16.7. The first-order valence-electron chi connectivity index (χ1n) is 9.93. The molecule has 2 amide bonds. The number of hydrogen-bond acceptors (Lipinski definition) is 2. The number of carbonyl (C=O) groups is 2. The molecule has 1 aliphatic rings. The van der Waals surface area contributed by atoms with Gasteiger partial charge in [-0.2, -0.15) is 0 Å². The van der Waals surface area contributed by atoms with Crippen LogP contribution in [0.1, 0.15) is 77.8 Å². The molecule has 0 bridgehead atoms. The molecule has 1 aromatic rings. The van der Waals surface area contributed by atoms with Crippen molar-refractivity contribution >= 4 is 11.8 Å². The lowest BCUT2D eigenvalue weighted by Crippen LogP contribution is -2.41. The third-order valence-electron chi connectivity index (χ3n) is 6.08. The molecule has 0 aromatic heterocycles. The van der Waals surface area contributed by atoms with Crippen LogP contribution in [-0.2, 0) is 9.59 Å². The van der Waals surface area contributed by atoms with E-state index in [1.807, 2.05) is 30.3 Å². The second kappa shape index (κ2) is 9.20. The minimum absolute atomic E-state index is 0.0193. The molecule has 1 fully saturated rings.